The van der Waals surface area contributed by atoms with Crippen LogP contribution in [-0.4, -0.2) is 26.0 Å². The zero-order valence-electron chi connectivity index (χ0n) is 17.4. The molecule has 0 fully saturated rings. The van der Waals surface area contributed by atoms with Crippen LogP contribution in [0.1, 0.15) is 0 Å². The molecule has 5 rings (SSSR count). The van der Waals surface area contributed by atoms with Gasteiger partial charge >= 0.3 is 6.03 Å². The molecule has 0 aliphatic carbocycles. The molecule has 0 spiro atoms. The Morgan fingerprint density at radius 3 is 2.53 bits per heavy atom. The van der Waals surface area contributed by atoms with E-state index in [9.17, 15) is 13.6 Å². The first kappa shape index (κ1) is 21.0. The van der Waals surface area contributed by atoms with Crippen LogP contribution >= 0.6 is 0 Å². The number of carbonyl (C=O) groups is 1. The first-order valence-corrected chi connectivity index (χ1v) is 10.1. The molecule has 3 heterocycles. The van der Waals surface area contributed by atoms with Gasteiger partial charge in [-0.3, -0.25) is 4.98 Å². The van der Waals surface area contributed by atoms with E-state index in [0.29, 0.717) is 16.7 Å². The number of anilines is 2. The zero-order valence-corrected chi connectivity index (χ0v) is 17.4. The summed E-state index contributed by atoms with van der Waals surface area (Å²) in [6, 6.07) is 15.9. The molecule has 8 nitrogen and oxygen atoms in total. The van der Waals surface area contributed by atoms with Crippen molar-refractivity contribution in [1.29, 1.82) is 0 Å². The number of aromatic nitrogens is 4. The van der Waals surface area contributed by atoms with E-state index < -0.39 is 17.7 Å². The fourth-order valence-corrected chi connectivity index (χ4v) is 3.25. The highest BCUT2D eigenvalue weighted by atomic mass is 19.1. The van der Waals surface area contributed by atoms with Crippen molar-refractivity contribution in [2.24, 2.45) is 0 Å². The minimum Gasteiger partial charge on any atom is -0.438 e. The number of benzene rings is 2. The first-order valence-electron chi connectivity index (χ1n) is 10.1. The van der Waals surface area contributed by atoms with E-state index in [2.05, 4.69) is 30.6 Å². The number of rotatable bonds is 5. The molecule has 0 unspecified atom stereocenters. The van der Waals surface area contributed by atoms with Crippen molar-refractivity contribution >= 4 is 28.4 Å². The van der Waals surface area contributed by atoms with Crippen molar-refractivity contribution in [2.45, 2.75) is 0 Å². The lowest BCUT2D eigenvalue weighted by molar-refractivity contribution is 0.262. The Kier molecular flexibility index (Phi) is 5.53. The van der Waals surface area contributed by atoms with Gasteiger partial charge in [-0.1, -0.05) is 6.07 Å². The number of ether oxygens (including phenoxy) is 1. The summed E-state index contributed by atoms with van der Waals surface area (Å²) in [7, 11) is 0. The van der Waals surface area contributed by atoms with Gasteiger partial charge in [-0.05, 0) is 54.6 Å². The van der Waals surface area contributed by atoms with E-state index in [1.54, 1.807) is 12.3 Å². The molecule has 3 N–H and O–H groups in total. The van der Waals surface area contributed by atoms with E-state index >= 15 is 0 Å². The largest absolute Gasteiger partial charge is 0.438 e. The van der Waals surface area contributed by atoms with Gasteiger partial charge in [0.05, 0.1) is 22.5 Å². The fourth-order valence-electron chi connectivity index (χ4n) is 3.25. The molecule has 0 saturated heterocycles. The number of aromatic amines is 1. The number of halogens is 2. The number of carbonyl (C=O) groups excluding carboxylic acids is 1. The molecule has 0 aliphatic rings. The van der Waals surface area contributed by atoms with Gasteiger partial charge in [0, 0.05) is 18.0 Å². The Morgan fingerprint density at radius 1 is 0.912 bits per heavy atom. The normalized spacial score (nSPS) is 10.8. The van der Waals surface area contributed by atoms with Gasteiger partial charge in [-0.2, -0.15) is 0 Å². The smallest absolute Gasteiger partial charge is 0.323 e. The highest BCUT2D eigenvalue weighted by Crippen LogP contribution is 2.31. The molecule has 2 aromatic carbocycles. The van der Waals surface area contributed by atoms with Gasteiger partial charge in [0.25, 0.3) is 0 Å². The highest BCUT2D eigenvalue weighted by Gasteiger charge is 2.14. The molecule has 168 valence electrons. The lowest BCUT2D eigenvalue weighted by Gasteiger charge is -2.10. The average molecular weight is 458 g/mol. The lowest BCUT2D eigenvalue weighted by atomic mass is 10.2. The standard InChI is InChI=1S/C24H16F2N6O2/c25-14-4-6-15(7-5-14)30-24(33)32-19-9-8-16(11-18(19)26)34-23-17-12-21(20-3-1-2-10-27-20)31-22(17)28-13-29-23/h1-13H,(H,28,29,31)(H2,30,32,33). The van der Waals surface area contributed by atoms with Crippen LogP contribution in [0.4, 0.5) is 25.0 Å². The number of hydrogen-bond acceptors (Lipinski definition) is 5. The summed E-state index contributed by atoms with van der Waals surface area (Å²) in [6.07, 6.45) is 3.02. The van der Waals surface area contributed by atoms with Gasteiger partial charge in [0.1, 0.15) is 29.4 Å². The quantitative estimate of drug-likeness (QED) is 0.312. The van der Waals surface area contributed by atoms with Crippen LogP contribution in [0.25, 0.3) is 22.4 Å². The summed E-state index contributed by atoms with van der Waals surface area (Å²) in [5.41, 5.74) is 2.31. The second-order valence-electron chi connectivity index (χ2n) is 7.17. The molecule has 10 heteroatoms. The van der Waals surface area contributed by atoms with E-state index in [0.717, 1.165) is 17.5 Å². The third-order valence-corrected chi connectivity index (χ3v) is 4.84. The third kappa shape index (κ3) is 4.51. The number of H-pyrrole nitrogens is 1. The molecule has 0 saturated carbocycles. The first-order chi connectivity index (χ1) is 16.5. The number of hydrogen-bond donors (Lipinski definition) is 3. The monoisotopic (exact) mass is 458 g/mol. The third-order valence-electron chi connectivity index (χ3n) is 4.84. The minimum atomic E-state index is -0.708. The van der Waals surface area contributed by atoms with Gasteiger partial charge < -0.3 is 20.4 Å². The van der Waals surface area contributed by atoms with Crippen molar-refractivity contribution in [3.05, 3.63) is 90.9 Å². The predicted molar refractivity (Wildman–Crippen MR) is 123 cm³/mol. The fraction of sp³-hybridized carbons (Fsp3) is 0. The minimum absolute atomic E-state index is 0.0566. The Balaban J connectivity index is 1.32. The lowest BCUT2D eigenvalue weighted by Crippen LogP contribution is -2.20. The summed E-state index contributed by atoms with van der Waals surface area (Å²) in [5.74, 6) is -0.721. The summed E-state index contributed by atoms with van der Waals surface area (Å²) in [6.45, 7) is 0. The topological polar surface area (TPSA) is 105 Å². The molecule has 3 aromatic heterocycles. The van der Waals surface area contributed by atoms with Crippen LogP contribution in [0.5, 0.6) is 11.6 Å². The van der Waals surface area contributed by atoms with Crippen LogP contribution in [0.15, 0.2) is 79.3 Å². The number of fused-ring (bicyclic) bond motifs is 1. The molecular weight excluding hydrogens is 442 g/mol. The van der Waals surface area contributed by atoms with Gasteiger partial charge in [0.15, 0.2) is 0 Å². The van der Waals surface area contributed by atoms with Gasteiger partial charge in [-0.25, -0.2) is 23.5 Å². The molecule has 0 atom stereocenters. The van der Waals surface area contributed by atoms with E-state index in [1.165, 1.54) is 42.7 Å². The van der Waals surface area contributed by atoms with Gasteiger partial charge in [-0.15, -0.1) is 0 Å². The Hall–Kier alpha value is -4.86. The molecule has 2 amide bonds. The van der Waals surface area contributed by atoms with Crippen LogP contribution in [0, 0.1) is 11.6 Å². The second kappa shape index (κ2) is 8.94. The van der Waals surface area contributed by atoms with Crippen molar-refractivity contribution in [3.63, 3.8) is 0 Å². The van der Waals surface area contributed by atoms with E-state index in [-0.39, 0.29) is 17.3 Å². The van der Waals surface area contributed by atoms with E-state index in [1.807, 2.05) is 18.2 Å². The highest BCUT2D eigenvalue weighted by molar-refractivity contribution is 5.99. The summed E-state index contributed by atoms with van der Waals surface area (Å²) in [4.78, 5) is 28.0. The maximum atomic E-state index is 14.6. The summed E-state index contributed by atoms with van der Waals surface area (Å²) < 4.78 is 33.4. The number of urea groups is 1. The van der Waals surface area contributed by atoms with Crippen LogP contribution < -0.4 is 15.4 Å². The zero-order chi connectivity index (χ0) is 23.5. The molecule has 5 aromatic rings. The predicted octanol–water partition coefficient (Wildman–Crippen LogP) is 5.73. The number of nitrogens with one attached hydrogen (secondary N) is 3. The van der Waals surface area contributed by atoms with E-state index in [4.69, 9.17) is 4.74 Å². The van der Waals surface area contributed by atoms with Crippen molar-refractivity contribution in [1.82, 2.24) is 19.9 Å². The second-order valence-corrected chi connectivity index (χ2v) is 7.17. The Morgan fingerprint density at radius 2 is 1.76 bits per heavy atom. The Labute approximate surface area is 191 Å². The van der Waals surface area contributed by atoms with Crippen molar-refractivity contribution < 1.29 is 18.3 Å². The molecule has 0 radical (unpaired) electrons. The maximum Gasteiger partial charge on any atom is 0.323 e. The summed E-state index contributed by atoms with van der Waals surface area (Å²) >= 11 is 0. The maximum absolute atomic E-state index is 14.6. The van der Waals surface area contributed by atoms with Crippen LogP contribution in [-0.2, 0) is 0 Å². The summed E-state index contributed by atoms with van der Waals surface area (Å²) in [5, 5.41) is 5.50. The molecule has 34 heavy (non-hydrogen) atoms. The molecule has 0 aliphatic heterocycles. The molecule has 0 bridgehead atoms. The number of nitrogens with zero attached hydrogens (tertiary/aromatic N) is 3. The molecular formula is C24H16F2N6O2. The van der Waals surface area contributed by atoms with Crippen molar-refractivity contribution in [3.8, 4) is 23.0 Å². The van der Waals surface area contributed by atoms with Crippen molar-refractivity contribution in [2.75, 3.05) is 10.6 Å². The average Bonchev–Trinajstić information content (AvgIpc) is 3.29. The number of pyridine rings is 1. The van der Waals surface area contributed by atoms with Crippen LogP contribution in [0.2, 0.25) is 0 Å². The van der Waals surface area contributed by atoms with Gasteiger partial charge in [0.2, 0.25) is 5.88 Å². The van der Waals surface area contributed by atoms with Crippen LogP contribution in [0.3, 0.4) is 0 Å². The Bertz CT molecular complexity index is 1470. The SMILES string of the molecule is O=C(Nc1ccc(F)cc1)Nc1ccc(Oc2ncnc3[nH]c(-c4ccccn4)cc23)cc1F. The number of amides is 2.